The molecular weight excluding hydrogens is 276 g/mol. The van der Waals surface area contributed by atoms with E-state index in [1.165, 1.54) is 19.2 Å². The molecule has 7 nitrogen and oxygen atoms in total. The number of rotatable bonds is 8. The Morgan fingerprint density at radius 2 is 2.14 bits per heavy atom. The van der Waals surface area contributed by atoms with Crippen LogP contribution in [0.2, 0.25) is 0 Å². The van der Waals surface area contributed by atoms with Crippen molar-refractivity contribution < 1.29 is 19.2 Å². The molecule has 21 heavy (non-hydrogen) atoms. The lowest BCUT2D eigenvalue weighted by Gasteiger charge is -2.21. The van der Waals surface area contributed by atoms with Crippen LogP contribution in [0.4, 0.5) is 5.69 Å². The lowest BCUT2D eigenvalue weighted by Crippen LogP contribution is -2.45. The maximum atomic E-state index is 11.4. The number of hydrogen-bond donors (Lipinski definition) is 1. The molecule has 0 saturated carbocycles. The first-order valence-corrected chi connectivity index (χ1v) is 6.61. The topological polar surface area (TPSA) is 105 Å². The highest BCUT2D eigenvalue weighted by atomic mass is 16.6. The minimum atomic E-state index is -1.000. The number of methoxy groups -OCH3 is 1. The second kappa shape index (κ2) is 7.58. The molecule has 116 valence electrons. The first-order valence-electron chi connectivity index (χ1n) is 6.61. The minimum absolute atomic E-state index is 0.00674. The van der Waals surface area contributed by atoms with Crippen molar-refractivity contribution >= 4 is 11.7 Å². The summed E-state index contributed by atoms with van der Waals surface area (Å²) in [5.41, 5.74) is 4.82. The molecule has 7 heteroatoms. The van der Waals surface area contributed by atoms with Crippen LogP contribution in [0.25, 0.3) is 0 Å². The molecule has 0 saturated heterocycles. The van der Waals surface area contributed by atoms with E-state index in [9.17, 15) is 14.9 Å². The van der Waals surface area contributed by atoms with Gasteiger partial charge in [0.05, 0.1) is 24.7 Å². The molecule has 1 atom stereocenters. The maximum Gasteiger partial charge on any atom is 0.325 e. The number of nitro benzene ring substituents is 1. The van der Waals surface area contributed by atoms with Crippen LogP contribution < -0.4 is 10.5 Å². The van der Waals surface area contributed by atoms with Crippen LogP contribution in [0.1, 0.15) is 26.2 Å². The molecule has 0 aliphatic rings. The summed E-state index contributed by atoms with van der Waals surface area (Å²) in [6, 6.07) is 6.01. The van der Waals surface area contributed by atoms with Crippen molar-refractivity contribution in [1.82, 2.24) is 0 Å². The lowest BCUT2D eigenvalue weighted by atomic mass is 9.96. The van der Waals surface area contributed by atoms with Crippen molar-refractivity contribution in [2.75, 3.05) is 13.7 Å². The number of nitrogens with zero attached hydrogens (tertiary/aromatic N) is 1. The van der Waals surface area contributed by atoms with E-state index >= 15 is 0 Å². The zero-order chi connectivity index (χ0) is 15.9. The average Bonchev–Trinajstić information content (AvgIpc) is 2.46. The summed E-state index contributed by atoms with van der Waals surface area (Å²) < 4.78 is 10.1. The zero-order valence-electron chi connectivity index (χ0n) is 12.2. The van der Waals surface area contributed by atoms with Crippen LogP contribution in [0, 0.1) is 10.1 Å². The molecule has 1 aromatic rings. The smallest absolute Gasteiger partial charge is 0.325 e. The molecule has 0 aliphatic carbocycles. The van der Waals surface area contributed by atoms with E-state index in [1.54, 1.807) is 19.1 Å². The molecule has 0 aromatic heterocycles. The molecule has 1 aromatic carbocycles. The Hall–Kier alpha value is -2.15. The van der Waals surface area contributed by atoms with Crippen molar-refractivity contribution in [2.45, 2.75) is 31.7 Å². The average molecular weight is 296 g/mol. The van der Waals surface area contributed by atoms with Crippen molar-refractivity contribution in [3.63, 3.8) is 0 Å². The molecule has 0 bridgehead atoms. The van der Waals surface area contributed by atoms with Gasteiger partial charge in [-0.25, -0.2) is 0 Å². The van der Waals surface area contributed by atoms with Crippen LogP contribution in [-0.2, 0) is 9.53 Å². The molecule has 2 N–H and O–H groups in total. The second-order valence-corrected chi connectivity index (χ2v) is 4.97. The fraction of sp³-hybridized carbons (Fsp3) is 0.500. The molecule has 0 fully saturated rings. The number of unbranched alkanes of at least 4 members (excludes halogenated alkanes) is 1. The number of ether oxygens (including phenoxy) is 2. The van der Waals surface area contributed by atoms with Gasteiger partial charge in [0.2, 0.25) is 0 Å². The highest BCUT2D eigenvalue weighted by molar-refractivity contribution is 5.79. The van der Waals surface area contributed by atoms with Crippen molar-refractivity contribution in [3.8, 4) is 5.75 Å². The van der Waals surface area contributed by atoms with Crippen molar-refractivity contribution in [3.05, 3.63) is 34.4 Å². The van der Waals surface area contributed by atoms with Crippen LogP contribution in [0.15, 0.2) is 24.3 Å². The van der Waals surface area contributed by atoms with Gasteiger partial charge in [0.25, 0.3) is 5.69 Å². The van der Waals surface area contributed by atoms with Gasteiger partial charge >= 0.3 is 5.97 Å². The van der Waals surface area contributed by atoms with Gasteiger partial charge in [-0.3, -0.25) is 14.9 Å². The number of nitro groups is 1. The third-order valence-electron chi connectivity index (χ3n) is 3.04. The Balaban J connectivity index is 2.33. The van der Waals surface area contributed by atoms with Crippen molar-refractivity contribution in [2.24, 2.45) is 5.73 Å². The van der Waals surface area contributed by atoms with Gasteiger partial charge in [0, 0.05) is 6.07 Å². The maximum absolute atomic E-state index is 11.4. The van der Waals surface area contributed by atoms with Gasteiger partial charge in [-0.2, -0.15) is 0 Å². The molecule has 0 aliphatic heterocycles. The Bertz CT molecular complexity index is 502. The molecule has 1 rings (SSSR count). The standard InChI is InChI=1S/C14H20N2O5/c1-14(15,13(17)20-2)8-3-4-9-21-12-7-5-6-11(10-12)16(18)19/h5-7,10H,3-4,8-9,15H2,1-2H3. The Morgan fingerprint density at radius 1 is 1.43 bits per heavy atom. The number of hydrogen-bond acceptors (Lipinski definition) is 6. The Labute approximate surface area is 123 Å². The number of non-ortho nitro benzene ring substituents is 1. The van der Waals surface area contributed by atoms with Gasteiger partial charge in [-0.05, 0) is 32.3 Å². The highest BCUT2D eigenvalue weighted by Gasteiger charge is 2.28. The number of carbonyl (C=O) groups is 1. The molecule has 1 unspecified atom stereocenters. The summed E-state index contributed by atoms with van der Waals surface area (Å²) in [6.07, 6.45) is 1.86. The third kappa shape index (κ3) is 5.39. The van der Waals surface area contributed by atoms with E-state index in [2.05, 4.69) is 4.74 Å². The first kappa shape index (κ1) is 16.9. The Kier molecular flexibility index (Phi) is 6.10. The summed E-state index contributed by atoms with van der Waals surface area (Å²) in [7, 11) is 1.30. The molecule has 0 spiro atoms. The van der Waals surface area contributed by atoms with E-state index in [0.29, 0.717) is 31.6 Å². The van der Waals surface area contributed by atoms with Gasteiger partial charge in [0.1, 0.15) is 11.3 Å². The van der Waals surface area contributed by atoms with E-state index in [1.807, 2.05) is 0 Å². The van der Waals surface area contributed by atoms with Gasteiger partial charge < -0.3 is 15.2 Å². The summed E-state index contributed by atoms with van der Waals surface area (Å²) in [6.45, 7) is 2.03. The predicted molar refractivity (Wildman–Crippen MR) is 77.1 cm³/mol. The van der Waals surface area contributed by atoms with Crippen LogP contribution in [0.3, 0.4) is 0 Å². The Morgan fingerprint density at radius 3 is 2.76 bits per heavy atom. The van der Waals surface area contributed by atoms with Gasteiger partial charge in [0.15, 0.2) is 0 Å². The summed E-state index contributed by atoms with van der Waals surface area (Å²) >= 11 is 0. The monoisotopic (exact) mass is 296 g/mol. The van der Waals surface area contributed by atoms with Crippen LogP contribution in [0.5, 0.6) is 5.75 Å². The second-order valence-electron chi connectivity index (χ2n) is 4.97. The van der Waals surface area contributed by atoms with E-state index in [4.69, 9.17) is 10.5 Å². The predicted octanol–water partition coefficient (Wildman–Crippen LogP) is 2.03. The third-order valence-corrected chi connectivity index (χ3v) is 3.04. The number of carbonyl (C=O) groups excluding carboxylic acids is 1. The van der Waals surface area contributed by atoms with Gasteiger partial charge in [-0.1, -0.05) is 6.07 Å². The SMILES string of the molecule is COC(=O)C(C)(N)CCCCOc1cccc([N+](=O)[O-])c1. The molecule has 0 amide bonds. The quantitative estimate of drug-likeness (QED) is 0.340. The van der Waals surface area contributed by atoms with E-state index < -0.39 is 16.4 Å². The summed E-state index contributed by atoms with van der Waals surface area (Å²) in [5, 5.41) is 10.6. The fourth-order valence-corrected chi connectivity index (χ4v) is 1.81. The largest absolute Gasteiger partial charge is 0.493 e. The van der Waals surface area contributed by atoms with Crippen LogP contribution in [-0.4, -0.2) is 30.1 Å². The van der Waals surface area contributed by atoms with E-state index in [-0.39, 0.29) is 5.69 Å². The first-order chi connectivity index (χ1) is 9.86. The normalized spacial score (nSPS) is 13.3. The molecular formula is C14H20N2O5. The van der Waals surface area contributed by atoms with Gasteiger partial charge in [-0.15, -0.1) is 0 Å². The lowest BCUT2D eigenvalue weighted by molar-refractivity contribution is -0.384. The minimum Gasteiger partial charge on any atom is -0.493 e. The fourth-order valence-electron chi connectivity index (χ4n) is 1.81. The summed E-state index contributed by atoms with van der Waals surface area (Å²) in [5.74, 6) is 0.00906. The molecule has 0 radical (unpaired) electrons. The van der Waals surface area contributed by atoms with Crippen LogP contribution >= 0.6 is 0 Å². The number of nitrogens with two attached hydrogens (primary N) is 1. The molecule has 0 heterocycles. The van der Waals surface area contributed by atoms with E-state index in [0.717, 1.165) is 0 Å². The van der Waals surface area contributed by atoms with Crippen molar-refractivity contribution in [1.29, 1.82) is 0 Å². The zero-order valence-corrected chi connectivity index (χ0v) is 12.2. The highest BCUT2D eigenvalue weighted by Crippen LogP contribution is 2.19. The number of benzene rings is 1. The number of esters is 1. The summed E-state index contributed by atoms with van der Waals surface area (Å²) in [4.78, 5) is 21.5.